The monoisotopic (exact) mass is 330 g/mol. The largest absolute Gasteiger partial charge is 0.381 e. The fraction of sp³-hybridized carbons (Fsp3) is 0.368. The number of ether oxygens (including phenoxy) is 1. The van der Waals surface area contributed by atoms with Crippen molar-refractivity contribution in [1.29, 1.82) is 0 Å². The average Bonchev–Trinajstić information content (AvgIpc) is 3.09. The van der Waals surface area contributed by atoms with Crippen molar-refractivity contribution >= 4 is 17.1 Å². The Balaban J connectivity index is 1.66. The van der Waals surface area contributed by atoms with Crippen LogP contribution in [0.25, 0.3) is 0 Å². The molecule has 2 heterocycles. The summed E-state index contributed by atoms with van der Waals surface area (Å²) in [7, 11) is 0. The van der Waals surface area contributed by atoms with E-state index in [2.05, 4.69) is 9.80 Å². The van der Waals surface area contributed by atoms with Crippen molar-refractivity contribution in [3.8, 4) is 0 Å². The van der Waals surface area contributed by atoms with E-state index in [9.17, 15) is 8.78 Å². The average molecular weight is 330 g/mol. The third-order valence-electron chi connectivity index (χ3n) is 4.80. The number of halogens is 2. The molecule has 2 aromatic carbocycles. The van der Waals surface area contributed by atoms with Crippen LogP contribution in [0.4, 0.5) is 25.8 Å². The SMILES string of the molecule is Fc1ccc(N2CCN(CC3CCOC3)c3ccc(F)cc32)cc1. The molecule has 2 aliphatic rings. The van der Waals surface area contributed by atoms with Gasteiger partial charge in [-0.2, -0.15) is 0 Å². The summed E-state index contributed by atoms with van der Waals surface area (Å²) in [6.07, 6.45) is 1.08. The molecule has 1 unspecified atom stereocenters. The van der Waals surface area contributed by atoms with Crippen LogP contribution in [0.15, 0.2) is 42.5 Å². The van der Waals surface area contributed by atoms with Crippen molar-refractivity contribution in [3.63, 3.8) is 0 Å². The minimum absolute atomic E-state index is 0.257. The van der Waals surface area contributed by atoms with Crippen LogP contribution in [0.3, 0.4) is 0 Å². The van der Waals surface area contributed by atoms with Gasteiger partial charge >= 0.3 is 0 Å². The maximum absolute atomic E-state index is 13.9. The molecule has 0 aromatic heterocycles. The van der Waals surface area contributed by atoms with Gasteiger partial charge in [-0.05, 0) is 48.9 Å². The molecular weight excluding hydrogens is 310 g/mol. The molecule has 24 heavy (non-hydrogen) atoms. The van der Waals surface area contributed by atoms with Crippen molar-refractivity contribution in [3.05, 3.63) is 54.1 Å². The Hall–Kier alpha value is -2.14. The Morgan fingerprint density at radius 2 is 1.75 bits per heavy atom. The van der Waals surface area contributed by atoms with Gasteiger partial charge in [-0.15, -0.1) is 0 Å². The summed E-state index contributed by atoms with van der Waals surface area (Å²) in [5.41, 5.74) is 2.75. The fourth-order valence-electron chi connectivity index (χ4n) is 3.56. The van der Waals surface area contributed by atoms with Gasteiger partial charge in [0.25, 0.3) is 0 Å². The van der Waals surface area contributed by atoms with Gasteiger partial charge in [0.15, 0.2) is 0 Å². The first-order chi connectivity index (χ1) is 11.7. The zero-order chi connectivity index (χ0) is 16.5. The molecule has 0 spiro atoms. The molecule has 0 N–H and O–H groups in total. The number of anilines is 3. The lowest BCUT2D eigenvalue weighted by Gasteiger charge is -2.40. The van der Waals surface area contributed by atoms with E-state index < -0.39 is 0 Å². The maximum atomic E-state index is 13.9. The Morgan fingerprint density at radius 3 is 2.50 bits per heavy atom. The number of rotatable bonds is 3. The highest BCUT2D eigenvalue weighted by Gasteiger charge is 2.27. The number of hydrogen-bond donors (Lipinski definition) is 0. The van der Waals surface area contributed by atoms with Gasteiger partial charge in [-0.1, -0.05) is 0 Å². The molecule has 0 aliphatic carbocycles. The summed E-state index contributed by atoms with van der Waals surface area (Å²) in [6.45, 7) is 4.16. The summed E-state index contributed by atoms with van der Waals surface area (Å²) in [6, 6.07) is 11.3. The highest BCUT2D eigenvalue weighted by atomic mass is 19.1. The maximum Gasteiger partial charge on any atom is 0.125 e. The highest BCUT2D eigenvalue weighted by Crippen LogP contribution is 2.38. The van der Waals surface area contributed by atoms with Crippen molar-refractivity contribution in [2.45, 2.75) is 6.42 Å². The second kappa shape index (κ2) is 6.40. The summed E-state index contributed by atoms with van der Waals surface area (Å²) in [5, 5.41) is 0. The molecule has 0 saturated carbocycles. The van der Waals surface area contributed by atoms with E-state index in [0.29, 0.717) is 5.92 Å². The molecule has 4 rings (SSSR count). The molecule has 2 aliphatic heterocycles. The second-order valence-electron chi connectivity index (χ2n) is 6.44. The zero-order valence-corrected chi connectivity index (χ0v) is 13.4. The normalized spacial score (nSPS) is 20.3. The number of fused-ring (bicyclic) bond motifs is 1. The summed E-state index contributed by atoms with van der Waals surface area (Å²) in [4.78, 5) is 4.37. The number of hydrogen-bond acceptors (Lipinski definition) is 3. The van der Waals surface area contributed by atoms with E-state index in [4.69, 9.17) is 4.74 Å². The van der Waals surface area contributed by atoms with Crippen LogP contribution in [-0.4, -0.2) is 32.8 Å². The van der Waals surface area contributed by atoms with Gasteiger partial charge in [0.1, 0.15) is 11.6 Å². The van der Waals surface area contributed by atoms with Crippen LogP contribution in [0.1, 0.15) is 6.42 Å². The quantitative estimate of drug-likeness (QED) is 0.847. The van der Waals surface area contributed by atoms with E-state index >= 15 is 0 Å². The van der Waals surface area contributed by atoms with Gasteiger partial charge in [-0.3, -0.25) is 0 Å². The molecule has 126 valence electrons. The topological polar surface area (TPSA) is 15.7 Å². The first-order valence-corrected chi connectivity index (χ1v) is 8.36. The van der Waals surface area contributed by atoms with Crippen LogP contribution >= 0.6 is 0 Å². The molecule has 1 fully saturated rings. The van der Waals surface area contributed by atoms with Gasteiger partial charge < -0.3 is 14.5 Å². The summed E-state index contributed by atoms with van der Waals surface area (Å²) in [5.74, 6) is 0.00488. The smallest absolute Gasteiger partial charge is 0.125 e. The molecular formula is C19H20F2N2O. The molecule has 0 radical (unpaired) electrons. The molecule has 1 saturated heterocycles. The lowest BCUT2D eigenvalue weighted by molar-refractivity contribution is 0.186. The molecule has 2 aromatic rings. The fourth-order valence-corrected chi connectivity index (χ4v) is 3.56. The first kappa shape index (κ1) is 15.4. The molecule has 3 nitrogen and oxygen atoms in total. The van der Waals surface area contributed by atoms with Crippen molar-refractivity contribution in [1.82, 2.24) is 0 Å². The van der Waals surface area contributed by atoms with Crippen LogP contribution in [0.2, 0.25) is 0 Å². The van der Waals surface area contributed by atoms with Crippen LogP contribution < -0.4 is 9.80 Å². The zero-order valence-electron chi connectivity index (χ0n) is 13.4. The minimum atomic E-state index is -0.266. The Kier molecular flexibility index (Phi) is 4.10. The Labute approximate surface area is 140 Å². The lowest BCUT2D eigenvalue weighted by Crippen LogP contribution is -2.41. The van der Waals surface area contributed by atoms with E-state index in [0.717, 1.165) is 56.3 Å². The lowest BCUT2D eigenvalue weighted by atomic mass is 10.1. The van der Waals surface area contributed by atoms with E-state index in [1.165, 1.54) is 18.2 Å². The highest BCUT2D eigenvalue weighted by molar-refractivity contribution is 5.79. The molecule has 1 atom stereocenters. The second-order valence-corrected chi connectivity index (χ2v) is 6.44. The predicted octanol–water partition coefficient (Wildman–Crippen LogP) is 3.96. The van der Waals surface area contributed by atoms with Gasteiger partial charge in [0.05, 0.1) is 18.0 Å². The van der Waals surface area contributed by atoms with Crippen LogP contribution in [-0.2, 0) is 4.74 Å². The number of benzene rings is 2. The van der Waals surface area contributed by atoms with Crippen molar-refractivity contribution in [2.75, 3.05) is 42.6 Å². The minimum Gasteiger partial charge on any atom is -0.381 e. The first-order valence-electron chi connectivity index (χ1n) is 8.36. The summed E-state index contributed by atoms with van der Waals surface area (Å²) < 4.78 is 32.5. The molecule has 5 heteroatoms. The van der Waals surface area contributed by atoms with Crippen LogP contribution in [0, 0.1) is 17.6 Å². The van der Waals surface area contributed by atoms with Crippen LogP contribution in [0.5, 0.6) is 0 Å². The van der Waals surface area contributed by atoms with Gasteiger partial charge in [-0.25, -0.2) is 8.78 Å². The molecule has 0 bridgehead atoms. The third kappa shape index (κ3) is 2.96. The van der Waals surface area contributed by atoms with Crippen molar-refractivity contribution in [2.24, 2.45) is 5.92 Å². The third-order valence-corrected chi connectivity index (χ3v) is 4.80. The van der Waals surface area contributed by atoms with E-state index in [1.54, 1.807) is 18.2 Å². The van der Waals surface area contributed by atoms with E-state index in [1.807, 2.05) is 6.07 Å². The Morgan fingerprint density at radius 1 is 0.958 bits per heavy atom. The molecule has 0 amide bonds. The van der Waals surface area contributed by atoms with Gasteiger partial charge in [0.2, 0.25) is 0 Å². The summed E-state index contributed by atoms with van der Waals surface area (Å²) >= 11 is 0. The standard InChI is InChI=1S/C19H20F2N2O/c20-15-1-4-17(5-2-15)23-9-8-22(12-14-7-10-24-13-14)18-6-3-16(21)11-19(18)23/h1-6,11,14H,7-10,12-13H2. The van der Waals surface area contributed by atoms with Gasteiger partial charge in [0, 0.05) is 37.8 Å². The van der Waals surface area contributed by atoms with E-state index in [-0.39, 0.29) is 11.6 Å². The predicted molar refractivity (Wildman–Crippen MR) is 90.9 cm³/mol. The Bertz CT molecular complexity index is 714. The number of nitrogens with zero attached hydrogens (tertiary/aromatic N) is 2. The van der Waals surface area contributed by atoms with Crippen molar-refractivity contribution < 1.29 is 13.5 Å².